The topological polar surface area (TPSA) is 207 Å². The maximum absolute atomic E-state index is 6.59. The van der Waals surface area contributed by atoms with Gasteiger partial charge in [0.1, 0.15) is 0 Å². The molecule has 7 aromatic heterocycles. The number of aromatic nitrogens is 7. The molecular weight excluding hydrogens is 1020 g/mol. The standard InChI is InChI=1S/C71H62N12/c1-7-51(16-13-35-72)56-29-33-68(80-44-56)70-21-11-19-65(82-70)49(5)23-25-53(40-73)60-37-61(54(41-74)26-24-50(6)66-20-12-22-71(83-66)69-34-30-58(46-81-69)55-17-14-36-77-43-55)39-62(38-60)59-28-32-67(79-47-59)63(75)18-10-15-48(4)64-31-27-57(45-78-64)52(8-2)42-76-9-3/h7-47H,1,3-6,72-75H2,2H3/b15-10-,25-23-,26-24-,35-13-,51-16+,52-8+,53-40+,54-41+,63-18-,76-42?. The van der Waals surface area contributed by atoms with Crippen molar-refractivity contribution in [1.82, 2.24) is 34.9 Å². The van der Waals surface area contributed by atoms with Gasteiger partial charge < -0.3 is 22.9 Å². The number of hydrogen-bond donors (Lipinski definition) is 4. The Morgan fingerprint density at radius 1 is 0.470 bits per heavy atom. The van der Waals surface area contributed by atoms with Crippen molar-refractivity contribution in [2.75, 3.05) is 0 Å². The maximum atomic E-state index is 6.59. The Kier molecular flexibility index (Phi) is 19.7. The van der Waals surface area contributed by atoms with Crippen molar-refractivity contribution in [3.63, 3.8) is 0 Å². The molecule has 0 saturated heterocycles. The summed E-state index contributed by atoms with van der Waals surface area (Å²) in [7, 11) is 0. The Bertz CT molecular complexity index is 4000. The summed E-state index contributed by atoms with van der Waals surface area (Å²) in [5, 5.41) is 0. The second-order valence-electron chi connectivity index (χ2n) is 18.5. The van der Waals surface area contributed by atoms with Gasteiger partial charge in [-0.05, 0) is 154 Å². The quantitative estimate of drug-likeness (QED) is 0.0371. The lowest BCUT2D eigenvalue weighted by Gasteiger charge is -2.13. The Morgan fingerprint density at radius 2 is 1.04 bits per heavy atom. The molecule has 8 rings (SSSR count). The largest absolute Gasteiger partial charge is 0.405 e. The van der Waals surface area contributed by atoms with Gasteiger partial charge in [-0.1, -0.05) is 130 Å². The lowest BCUT2D eigenvalue weighted by Crippen LogP contribution is -1.99. The average molecular weight is 1080 g/mol. The van der Waals surface area contributed by atoms with Gasteiger partial charge in [-0.25, -0.2) is 9.97 Å². The fourth-order valence-corrected chi connectivity index (χ4v) is 8.47. The molecule has 0 spiro atoms. The molecule has 0 aliphatic rings. The molecule has 0 bridgehead atoms. The first-order valence-corrected chi connectivity index (χ1v) is 26.3. The number of allylic oxidation sites excluding steroid dienone is 18. The molecule has 8 aromatic rings. The number of pyridine rings is 7. The first-order valence-electron chi connectivity index (χ1n) is 26.3. The fourth-order valence-electron chi connectivity index (χ4n) is 8.47. The molecule has 0 amide bonds. The van der Waals surface area contributed by atoms with Crippen LogP contribution >= 0.6 is 0 Å². The molecule has 8 N–H and O–H groups in total. The van der Waals surface area contributed by atoms with Crippen LogP contribution in [0.2, 0.25) is 0 Å². The van der Waals surface area contributed by atoms with Crippen LogP contribution in [0.5, 0.6) is 0 Å². The number of rotatable bonds is 22. The first kappa shape index (κ1) is 57.7. The van der Waals surface area contributed by atoms with E-state index in [0.29, 0.717) is 67.7 Å². The van der Waals surface area contributed by atoms with Crippen LogP contribution in [-0.2, 0) is 0 Å². The summed E-state index contributed by atoms with van der Waals surface area (Å²) in [4.78, 5) is 37.0. The zero-order chi connectivity index (χ0) is 58.5. The van der Waals surface area contributed by atoms with Crippen LogP contribution in [0.1, 0.15) is 52.0 Å². The van der Waals surface area contributed by atoms with E-state index in [4.69, 9.17) is 47.9 Å². The van der Waals surface area contributed by atoms with Crippen LogP contribution in [-0.4, -0.2) is 41.1 Å². The SMILES string of the molecule is C=CN=C/C(=C\C)c1ccc(C(=C)/C=C\C=C(/N)c2ccc(-c3cc(C(/C=C\C(=C)c4cccc(-c5ccc(/C(C=C)=C/C=C\N)cn5)n4)=C/N)cc(C(/C=C\C(=C)c4cccc(-c5ccc(-c6cccnc6)cn5)n4)=C/N)c3)cn2)nc1. The van der Waals surface area contributed by atoms with Crippen LogP contribution in [0.4, 0.5) is 0 Å². The molecule has 12 heteroatoms. The van der Waals surface area contributed by atoms with Gasteiger partial charge in [0.25, 0.3) is 0 Å². The van der Waals surface area contributed by atoms with E-state index in [0.717, 1.165) is 67.0 Å². The minimum Gasteiger partial charge on any atom is -0.405 e. The van der Waals surface area contributed by atoms with E-state index in [1.54, 1.807) is 61.6 Å². The maximum Gasteiger partial charge on any atom is 0.0893 e. The molecule has 0 aliphatic heterocycles. The van der Waals surface area contributed by atoms with Crippen LogP contribution < -0.4 is 22.9 Å². The summed E-state index contributed by atoms with van der Waals surface area (Å²) < 4.78 is 0. The second-order valence-corrected chi connectivity index (χ2v) is 18.5. The van der Waals surface area contributed by atoms with Crippen molar-refractivity contribution >= 4 is 50.9 Å². The number of hydrogen-bond acceptors (Lipinski definition) is 12. The van der Waals surface area contributed by atoms with Gasteiger partial charge in [-0.15, -0.1) is 0 Å². The van der Waals surface area contributed by atoms with Crippen molar-refractivity contribution in [2.45, 2.75) is 6.92 Å². The van der Waals surface area contributed by atoms with Gasteiger partial charge in [0.05, 0.1) is 51.2 Å². The minimum atomic E-state index is 0.464. The van der Waals surface area contributed by atoms with Gasteiger partial charge in [0.2, 0.25) is 0 Å². The molecule has 0 unspecified atom stereocenters. The normalized spacial score (nSPS) is 12.7. The summed E-state index contributed by atoms with van der Waals surface area (Å²) >= 11 is 0. The zero-order valence-electron chi connectivity index (χ0n) is 46.1. The molecule has 0 fully saturated rings. The summed E-state index contributed by atoms with van der Waals surface area (Å²) in [6.45, 7) is 22.5. The van der Waals surface area contributed by atoms with E-state index >= 15 is 0 Å². The monoisotopic (exact) mass is 1080 g/mol. The second kappa shape index (κ2) is 28.4. The predicted octanol–water partition coefficient (Wildman–Crippen LogP) is 14.5. The van der Waals surface area contributed by atoms with E-state index in [9.17, 15) is 0 Å². The van der Waals surface area contributed by atoms with Crippen LogP contribution in [0.15, 0.2) is 282 Å². The molecule has 0 radical (unpaired) electrons. The van der Waals surface area contributed by atoms with Crippen LogP contribution in [0.3, 0.4) is 0 Å². The summed E-state index contributed by atoms with van der Waals surface area (Å²) in [6, 6.07) is 37.1. The van der Waals surface area contributed by atoms with Crippen LogP contribution in [0, 0.1) is 0 Å². The highest BCUT2D eigenvalue weighted by molar-refractivity contribution is 6.09. The average Bonchev–Trinajstić information content (AvgIpc) is 3.73. The van der Waals surface area contributed by atoms with Crippen molar-refractivity contribution in [2.24, 2.45) is 27.9 Å². The minimum absolute atomic E-state index is 0.464. The van der Waals surface area contributed by atoms with Crippen molar-refractivity contribution in [1.29, 1.82) is 0 Å². The lowest BCUT2D eigenvalue weighted by atomic mass is 9.93. The van der Waals surface area contributed by atoms with E-state index in [1.165, 1.54) is 12.4 Å². The highest BCUT2D eigenvalue weighted by Crippen LogP contribution is 2.32. The summed E-state index contributed by atoms with van der Waals surface area (Å²) in [5.41, 5.74) is 43.4. The summed E-state index contributed by atoms with van der Waals surface area (Å²) in [5.74, 6) is 0. The van der Waals surface area contributed by atoms with E-state index < -0.39 is 0 Å². The Labute approximate surface area is 485 Å². The molecule has 83 heavy (non-hydrogen) atoms. The first-order chi connectivity index (χ1) is 40.5. The Balaban J connectivity index is 1.06. The zero-order valence-corrected chi connectivity index (χ0v) is 46.1. The molecule has 0 atom stereocenters. The number of benzene rings is 1. The molecule has 7 heterocycles. The van der Waals surface area contributed by atoms with Gasteiger partial charge >= 0.3 is 0 Å². The number of nitrogens with two attached hydrogens (primary N) is 4. The summed E-state index contributed by atoms with van der Waals surface area (Å²) in [6.07, 6.45) is 39.0. The van der Waals surface area contributed by atoms with E-state index in [-0.39, 0.29) is 0 Å². The number of aliphatic imine (C=N–C) groups is 1. The highest BCUT2D eigenvalue weighted by Gasteiger charge is 2.13. The predicted molar refractivity (Wildman–Crippen MR) is 347 cm³/mol. The third-order valence-electron chi connectivity index (χ3n) is 13.1. The molecule has 0 aliphatic carbocycles. The number of nitrogens with zero attached hydrogens (tertiary/aromatic N) is 8. The Morgan fingerprint density at radius 3 is 1.57 bits per heavy atom. The smallest absolute Gasteiger partial charge is 0.0893 e. The third-order valence-corrected chi connectivity index (χ3v) is 13.1. The van der Waals surface area contributed by atoms with Crippen molar-refractivity contribution < 1.29 is 0 Å². The van der Waals surface area contributed by atoms with Crippen molar-refractivity contribution in [3.05, 3.63) is 322 Å². The van der Waals surface area contributed by atoms with E-state index in [1.807, 2.05) is 183 Å². The molecule has 406 valence electrons. The van der Waals surface area contributed by atoms with Gasteiger partial charge in [-0.3, -0.25) is 29.9 Å². The lowest BCUT2D eigenvalue weighted by molar-refractivity contribution is 1.22. The molecule has 0 saturated carbocycles. The Hall–Kier alpha value is -11.5. The highest BCUT2D eigenvalue weighted by atomic mass is 14.8. The van der Waals surface area contributed by atoms with Crippen LogP contribution in [0.25, 0.3) is 89.7 Å². The van der Waals surface area contributed by atoms with Gasteiger partial charge in [0.15, 0.2) is 0 Å². The molecular formula is C71H62N12. The fraction of sp³-hybridized carbons (Fsp3) is 0.0141. The van der Waals surface area contributed by atoms with Gasteiger partial charge in [-0.2, -0.15) is 0 Å². The molecule has 12 nitrogen and oxygen atoms in total. The van der Waals surface area contributed by atoms with E-state index in [2.05, 4.69) is 47.9 Å². The van der Waals surface area contributed by atoms with Gasteiger partial charge in [0, 0.05) is 89.8 Å². The third kappa shape index (κ3) is 15.0. The molecule has 1 aromatic carbocycles. The van der Waals surface area contributed by atoms with Crippen molar-refractivity contribution in [3.8, 4) is 45.0 Å².